The number of rotatable bonds is 4. The molecule has 0 saturated heterocycles. The van der Waals surface area contributed by atoms with Gasteiger partial charge in [0.2, 0.25) is 0 Å². The molecule has 0 aliphatic carbocycles. The Kier molecular flexibility index (Phi) is 4.11. The molecule has 2 heterocycles. The molecule has 0 radical (unpaired) electrons. The van der Waals surface area contributed by atoms with E-state index < -0.39 is 0 Å². The molecule has 0 bridgehead atoms. The second kappa shape index (κ2) is 5.59. The van der Waals surface area contributed by atoms with Gasteiger partial charge in [0.15, 0.2) is 0 Å². The summed E-state index contributed by atoms with van der Waals surface area (Å²) in [7, 11) is 0. The lowest BCUT2D eigenvalue weighted by atomic mass is 10.0. The second-order valence-corrected chi connectivity index (χ2v) is 5.10. The summed E-state index contributed by atoms with van der Waals surface area (Å²) in [5.74, 6) is 4.59. The molecule has 6 heteroatoms. The lowest BCUT2D eigenvalue weighted by Crippen LogP contribution is -2.36. The minimum atomic E-state index is -0.323. The van der Waals surface area contributed by atoms with Crippen LogP contribution in [0.25, 0.3) is 0 Å². The van der Waals surface area contributed by atoms with Crippen LogP contribution in [0, 0.1) is 0 Å². The third-order valence-electron chi connectivity index (χ3n) is 3.18. The summed E-state index contributed by atoms with van der Waals surface area (Å²) in [6.07, 6.45) is 1.43. The predicted molar refractivity (Wildman–Crippen MR) is 66.0 cm³/mol. The van der Waals surface area contributed by atoms with Gasteiger partial charge in [-0.3, -0.25) is 9.69 Å². The Bertz CT molecular complexity index is 394. The zero-order chi connectivity index (χ0) is 12.3. The molecule has 0 saturated carbocycles. The summed E-state index contributed by atoms with van der Waals surface area (Å²) in [6.45, 7) is 3.88. The molecule has 1 aromatic rings. The van der Waals surface area contributed by atoms with E-state index in [1.165, 1.54) is 10.4 Å². The molecule has 1 aliphatic heterocycles. The van der Waals surface area contributed by atoms with Crippen LogP contribution in [-0.2, 0) is 16.1 Å². The van der Waals surface area contributed by atoms with E-state index in [9.17, 15) is 4.79 Å². The number of carbonyl (C=O) groups excluding carboxylic acids is 1. The average Bonchev–Trinajstić information content (AvgIpc) is 2.77. The third kappa shape index (κ3) is 2.84. The fraction of sp³-hybridized carbons (Fsp3) is 0.545. The van der Waals surface area contributed by atoms with Crippen LogP contribution in [0.5, 0.6) is 0 Å². The van der Waals surface area contributed by atoms with Crippen molar-refractivity contribution in [2.45, 2.75) is 25.8 Å². The lowest BCUT2D eigenvalue weighted by Gasteiger charge is -2.33. The Morgan fingerprint density at radius 1 is 1.76 bits per heavy atom. The number of hydrogen-bond donors (Lipinski definition) is 2. The minimum Gasteiger partial charge on any atom is -0.356 e. The number of hydrazine groups is 1. The van der Waals surface area contributed by atoms with Crippen molar-refractivity contribution in [3.05, 3.63) is 21.9 Å². The Morgan fingerprint density at radius 3 is 3.35 bits per heavy atom. The first-order valence-corrected chi connectivity index (χ1v) is 6.56. The molecule has 5 nitrogen and oxygen atoms in total. The zero-order valence-corrected chi connectivity index (χ0v) is 10.6. The van der Waals surface area contributed by atoms with Gasteiger partial charge in [0.1, 0.15) is 0 Å². The highest BCUT2D eigenvalue weighted by atomic mass is 32.1. The number of nitrogens with two attached hydrogens (primary N) is 1. The zero-order valence-electron chi connectivity index (χ0n) is 9.81. The monoisotopic (exact) mass is 255 g/mol. The molecule has 0 spiro atoms. The van der Waals surface area contributed by atoms with E-state index in [4.69, 9.17) is 5.84 Å². The molecule has 1 aliphatic rings. The Labute approximate surface area is 104 Å². The van der Waals surface area contributed by atoms with Crippen LogP contribution in [0.2, 0.25) is 0 Å². The van der Waals surface area contributed by atoms with Crippen molar-refractivity contribution < 1.29 is 9.63 Å². The van der Waals surface area contributed by atoms with Gasteiger partial charge < -0.3 is 4.84 Å². The first-order valence-electron chi connectivity index (χ1n) is 5.68. The van der Waals surface area contributed by atoms with E-state index in [1.807, 2.05) is 16.9 Å². The number of carbonyl (C=O) groups is 1. The quantitative estimate of drug-likeness (QED) is 0.620. The lowest BCUT2D eigenvalue weighted by molar-refractivity contribution is -0.151. The van der Waals surface area contributed by atoms with Crippen LogP contribution in [0.3, 0.4) is 0 Å². The standard InChI is InChI=1S/C11H17N3O2S/c1-8-9-4-7-17-10(9)2-5-14(8)6-3-11(15)16-13-12/h4,7-8,13H,2-3,5-6,12H2,1H3. The maximum Gasteiger partial charge on any atom is 0.327 e. The molecular weight excluding hydrogens is 238 g/mol. The highest BCUT2D eigenvalue weighted by molar-refractivity contribution is 7.10. The Morgan fingerprint density at radius 2 is 2.59 bits per heavy atom. The van der Waals surface area contributed by atoms with Gasteiger partial charge in [0, 0.05) is 24.0 Å². The van der Waals surface area contributed by atoms with Gasteiger partial charge in [0.05, 0.1) is 6.42 Å². The van der Waals surface area contributed by atoms with Gasteiger partial charge in [-0.05, 0) is 30.4 Å². The number of fused-ring (bicyclic) bond motifs is 1. The third-order valence-corrected chi connectivity index (χ3v) is 4.18. The van der Waals surface area contributed by atoms with Crippen molar-refractivity contribution in [3.63, 3.8) is 0 Å². The second-order valence-electron chi connectivity index (χ2n) is 4.10. The Hall–Kier alpha value is -0.950. The highest BCUT2D eigenvalue weighted by Gasteiger charge is 2.24. The van der Waals surface area contributed by atoms with Crippen molar-refractivity contribution in [1.82, 2.24) is 10.5 Å². The van der Waals surface area contributed by atoms with Crippen molar-refractivity contribution >= 4 is 17.3 Å². The summed E-state index contributed by atoms with van der Waals surface area (Å²) in [4.78, 5) is 19.5. The van der Waals surface area contributed by atoms with Gasteiger partial charge in [-0.25, -0.2) is 5.84 Å². The summed E-state index contributed by atoms with van der Waals surface area (Å²) < 4.78 is 0. The maximum absolute atomic E-state index is 11.2. The van der Waals surface area contributed by atoms with Gasteiger partial charge in [-0.1, -0.05) is 5.59 Å². The number of thiophene rings is 1. The molecule has 0 amide bonds. The fourth-order valence-corrected chi connectivity index (χ4v) is 3.18. The van der Waals surface area contributed by atoms with E-state index in [0.717, 1.165) is 13.0 Å². The number of nitrogens with zero attached hydrogens (tertiary/aromatic N) is 1. The number of hydrogen-bond acceptors (Lipinski definition) is 6. The smallest absolute Gasteiger partial charge is 0.327 e. The van der Waals surface area contributed by atoms with Crippen LogP contribution in [0.1, 0.15) is 29.8 Å². The summed E-state index contributed by atoms with van der Waals surface area (Å²) in [5.41, 5.74) is 3.31. The molecule has 94 valence electrons. The van der Waals surface area contributed by atoms with E-state index in [-0.39, 0.29) is 5.97 Å². The number of nitrogens with one attached hydrogen (secondary N) is 1. The minimum absolute atomic E-state index is 0.323. The van der Waals surface area contributed by atoms with Crippen LogP contribution < -0.4 is 11.4 Å². The molecule has 1 unspecified atom stereocenters. The topological polar surface area (TPSA) is 67.6 Å². The van der Waals surface area contributed by atoms with E-state index >= 15 is 0 Å². The first kappa shape index (κ1) is 12.5. The summed E-state index contributed by atoms with van der Waals surface area (Å²) >= 11 is 1.82. The van der Waals surface area contributed by atoms with Crippen LogP contribution in [0.15, 0.2) is 11.4 Å². The van der Waals surface area contributed by atoms with Gasteiger partial charge in [0.25, 0.3) is 0 Å². The van der Waals surface area contributed by atoms with Crippen molar-refractivity contribution in [1.29, 1.82) is 0 Å². The predicted octanol–water partition coefficient (Wildman–Crippen LogP) is 0.979. The van der Waals surface area contributed by atoms with Crippen LogP contribution >= 0.6 is 11.3 Å². The van der Waals surface area contributed by atoms with Crippen LogP contribution in [0.4, 0.5) is 0 Å². The van der Waals surface area contributed by atoms with Crippen molar-refractivity contribution in [2.24, 2.45) is 5.84 Å². The molecule has 1 atom stereocenters. The van der Waals surface area contributed by atoms with Gasteiger partial charge in [-0.15, -0.1) is 11.3 Å². The molecule has 3 N–H and O–H groups in total. The normalized spacial score (nSPS) is 20.0. The van der Waals surface area contributed by atoms with Gasteiger partial charge >= 0.3 is 5.97 Å². The average molecular weight is 255 g/mol. The Balaban J connectivity index is 1.89. The fourth-order valence-electron chi connectivity index (χ4n) is 2.22. The highest BCUT2D eigenvalue weighted by Crippen LogP contribution is 2.32. The van der Waals surface area contributed by atoms with Gasteiger partial charge in [-0.2, -0.15) is 0 Å². The molecule has 1 aromatic heterocycles. The first-order chi connectivity index (χ1) is 8.22. The van der Waals surface area contributed by atoms with Crippen molar-refractivity contribution in [2.75, 3.05) is 13.1 Å². The van der Waals surface area contributed by atoms with Crippen LogP contribution in [-0.4, -0.2) is 24.0 Å². The summed E-state index contributed by atoms with van der Waals surface area (Å²) in [6, 6.07) is 2.56. The molecular formula is C11H17N3O2S. The van der Waals surface area contributed by atoms with E-state index in [0.29, 0.717) is 19.0 Å². The molecule has 2 rings (SSSR count). The van der Waals surface area contributed by atoms with E-state index in [1.54, 1.807) is 0 Å². The largest absolute Gasteiger partial charge is 0.356 e. The molecule has 0 fully saturated rings. The maximum atomic E-state index is 11.2. The summed E-state index contributed by atoms with van der Waals surface area (Å²) in [5, 5.41) is 2.14. The van der Waals surface area contributed by atoms with E-state index in [2.05, 4.69) is 28.1 Å². The molecule has 0 aromatic carbocycles. The molecule has 17 heavy (non-hydrogen) atoms. The van der Waals surface area contributed by atoms with Crippen molar-refractivity contribution in [3.8, 4) is 0 Å². The SMILES string of the molecule is CC1c2ccsc2CCN1CCC(=O)ONN.